The second-order valence-corrected chi connectivity index (χ2v) is 22.8. The van der Waals surface area contributed by atoms with Crippen molar-refractivity contribution in [3.05, 3.63) is 179 Å². The van der Waals surface area contributed by atoms with Crippen LogP contribution in [0.15, 0.2) is 83.4 Å². The van der Waals surface area contributed by atoms with Crippen molar-refractivity contribution in [1.29, 1.82) is 0 Å². The predicted octanol–water partition coefficient (Wildman–Crippen LogP) is 13.4. The van der Waals surface area contributed by atoms with Crippen molar-refractivity contribution in [2.24, 2.45) is 10.2 Å². The maximum absolute atomic E-state index is 12.4. The van der Waals surface area contributed by atoms with Crippen LogP contribution in [0.3, 0.4) is 0 Å². The first-order valence-electron chi connectivity index (χ1n) is 33.1. The summed E-state index contributed by atoms with van der Waals surface area (Å²) in [5.74, 6) is -0.892. The number of rotatable bonds is 48. The first-order valence-corrected chi connectivity index (χ1v) is 33.1. The summed E-state index contributed by atoms with van der Waals surface area (Å²) >= 11 is 0. The first kappa shape index (κ1) is 82.1. The van der Waals surface area contributed by atoms with Crippen LogP contribution in [-0.2, 0) is 69.2 Å². The maximum atomic E-state index is 12.4. The predicted molar refractivity (Wildman–Crippen MR) is 364 cm³/mol. The van der Waals surface area contributed by atoms with Crippen LogP contribution >= 0.6 is 0 Å². The van der Waals surface area contributed by atoms with Crippen molar-refractivity contribution in [1.82, 2.24) is 34.1 Å². The van der Waals surface area contributed by atoms with Crippen LogP contribution < -0.4 is 14.2 Å². The summed E-state index contributed by atoms with van der Waals surface area (Å²) < 4.78 is 31.8. The Hall–Kier alpha value is -11.3. The minimum absolute atomic E-state index is 0.0298. The fourth-order valence-electron chi connectivity index (χ4n) is 10.1. The third-order valence-corrected chi connectivity index (χ3v) is 15.2. The van der Waals surface area contributed by atoms with Crippen LogP contribution in [0.1, 0.15) is 157 Å². The molecule has 0 bridgehead atoms. The zero-order valence-corrected chi connectivity index (χ0v) is 56.9. The Morgan fingerprint density at radius 3 is 1.29 bits per heavy atom. The van der Waals surface area contributed by atoms with Crippen molar-refractivity contribution in [2.45, 2.75) is 182 Å². The highest BCUT2D eigenvalue weighted by molar-refractivity contribution is 5.75. The van der Waals surface area contributed by atoms with Crippen molar-refractivity contribution in [3.8, 4) is 17.2 Å². The molecule has 3 heterocycles. The van der Waals surface area contributed by atoms with Gasteiger partial charge in [-0.2, -0.15) is 0 Å². The lowest BCUT2D eigenvalue weighted by molar-refractivity contribution is -0.392. The van der Waals surface area contributed by atoms with E-state index in [9.17, 15) is 65.0 Å². The number of hydrogen-bond donors (Lipinski definition) is 1. The summed E-state index contributed by atoms with van der Waals surface area (Å²) in [5.41, 5.74) is 17.2. The fourth-order valence-corrected chi connectivity index (χ4v) is 10.1. The van der Waals surface area contributed by atoms with Crippen LogP contribution in [0.5, 0.6) is 17.2 Å². The van der Waals surface area contributed by atoms with Crippen molar-refractivity contribution in [2.75, 3.05) is 46.1 Å². The Labute approximate surface area is 580 Å². The molecule has 0 unspecified atom stereocenters. The molecule has 1 N–H and O–H groups in total. The quantitative estimate of drug-likeness (QED) is 0.00705. The van der Waals surface area contributed by atoms with Crippen LogP contribution in [0.2, 0.25) is 0 Å². The number of carboxylic acids is 1. The maximum Gasteiger partial charge on any atom is 0.342 e. The normalized spacial score (nSPS) is 10.6. The number of imidazole rings is 2. The van der Waals surface area contributed by atoms with E-state index >= 15 is 0 Å². The molecule has 37 nitrogen and oxygen atoms in total. The third kappa shape index (κ3) is 31.8. The van der Waals surface area contributed by atoms with Gasteiger partial charge in [0.15, 0.2) is 11.6 Å². The Balaban J connectivity index is 0.000000338. The lowest BCUT2D eigenvalue weighted by Gasteiger charge is -2.09. The van der Waals surface area contributed by atoms with Crippen LogP contribution in [0.4, 0.5) is 28.7 Å². The Bertz CT molecular complexity index is 3750. The Morgan fingerprint density at radius 1 is 0.505 bits per heavy atom. The standard InChI is InChI=1S/C30H43N7O7.C20H25N7O7.C14H18N4O5/c1-3-4-5-6-7-10-13-26-23-34(33-32-26)16-11-8-9-12-18-43-27-14-15-28(36(39)40)25(20-27)21-30(38)44-19-17-35-24(2)31-22-29(35)37(41)42;1-15-22-14-19(27(31)32)25(15)9-11-34-20(28)13-16-12-17(6-7-18(16)26(29)30)33-10-5-3-2-4-8-23-24-21;15-17-16-7-3-1-2-4-8-23-12-5-6-13(18(21)22)11(9-12)10-14(19)20/h14-15,20,22-23H,3-13,16-19,21H2,1-2H3;6-7,12,14H,2-5,8-11,13H2,1H3;5-6,9H,1-4,7-8,10H2,(H,19,20). The van der Waals surface area contributed by atoms with Gasteiger partial charge in [-0.3, -0.25) is 49.4 Å². The van der Waals surface area contributed by atoms with Gasteiger partial charge in [0.25, 0.3) is 17.1 Å². The lowest BCUT2D eigenvalue weighted by Crippen LogP contribution is -2.15. The van der Waals surface area contributed by atoms with E-state index in [4.69, 9.17) is 39.9 Å². The molecule has 0 amide bonds. The van der Waals surface area contributed by atoms with E-state index in [0.29, 0.717) is 61.8 Å². The molecule has 546 valence electrons. The average Bonchev–Trinajstić information content (AvgIpc) is 1.77. The largest absolute Gasteiger partial charge is 0.494 e. The van der Waals surface area contributed by atoms with Gasteiger partial charge < -0.3 is 49.0 Å². The summed E-state index contributed by atoms with van der Waals surface area (Å²) in [6.07, 6.45) is 22.3. The molecular formula is C64H86N18O19. The van der Waals surface area contributed by atoms with Gasteiger partial charge >= 0.3 is 29.5 Å². The number of unbranched alkanes of at least 4 members (excludes halogenated alkanes) is 14. The molecule has 0 aliphatic heterocycles. The number of carboxylic acid groups (broad SMARTS) is 1. The fraction of sp³-hybridized carbons (Fsp3) is 0.547. The SMILES string of the molecule is CCCCCCCCc1cn(CCCCCCOc2ccc([N+](=O)[O-])c(CC(=O)OCCn3c([N+](=O)[O-])cnc3C)c2)nn1.Cc1ncc([N+](=O)[O-])n1CCOC(=O)Cc1cc(OCCCCCCN=[N+]=[N-])ccc1[N+](=O)[O-].[N-]=[N+]=NCCCCCCOc1ccc([N+](=O)[O-])c(CC(=O)O)c1. The van der Waals surface area contributed by atoms with Crippen LogP contribution in [-0.4, -0.2) is 128 Å². The third-order valence-electron chi connectivity index (χ3n) is 15.2. The van der Waals surface area contributed by atoms with E-state index in [1.54, 1.807) is 13.8 Å². The molecule has 3 aromatic heterocycles. The monoisotopic (exact) mass is 1410 g/mol. The van der Waals surface area contributed by atoms with Gasteiger partial charge in [-0.05, 0) is 115 Å². The number of nitrogens with zero attached hydrogens (tertiary/aromatic N) is 18. The minimum Gasteiger partial charge on any atom is -0.494 e. The number of aryl methyl sites for hydroxylation is 4. The summed E-state index contributed by atoms with van der Waals surface area (Å²) in [6.45, 7) is 8.24. The summed E-state index contributed by atoms with van der Waals surface area (Å²) in [6, 6.07) is 12.6. The molecule has 0 spiro atoms. The topological polar surface area (TPSA) is 497 Å². The molecule has 37 heteroatoms. The summed E-state index contributed by atoms with van der Waals surface area (Å²) in [4.78, 5) is 102. The van der Waals surface area contributed by atoms with Gasteiger partial charge in [0.1, 0.15) is 55.9 Å². The minimum atomic E-state index is -1.13. The highest BCUT2D eigenvalue weighted by Gasteiger charge is 2.24. The number of aliphatic carboxylic acids is 1. The molecule has 3 aromatic carbocycles. The number of aromatic nitrogens is 7. The number of esters is 2. The van der Waals surface area contributed by atoms with Crippen molar-refractivity contribution >= 4 is 46.6 Å². The van der Waals surface area contributed by atoms with E-state index in [1.165, 1.54) is 95.8 Å². The summed E-state index contributed by atoms with van der Waals surface area (Å²) in [5, 5.41) is 80.1. The second kappa shape index (κ2) is 46.8. The van der Waals surface area contributed by atoms with E-state index in [2.05, 4.69) is 47.3 Å². The van der Waals surface area contributed by atoms with Gasteiger partial charge in [0.05, 0.1) is 59.5 Å². The molecule has 0 saturated heterocycles. The molecule has 6 aromatic rings. The second-order valence-electron chi connectivity index (χ2n) is 22.8. The van der Waals surface area contributed by atoms with Gasteiger partial charge in [-0.15, -0.1) is 5.10 Å². The average molecular weight is 1410 g/mol. The first-order chi connectivity index (χ1) is 48.6. The number of carbonyl (C=O) groups is 3. The highest BCUT2D eigenvalue weighted by atomic mass is 16.6. The molecule has 101 heavy (non-hydrogen) atoms. The number of benzene rings is 3. The number of nitro benzene ring substituents is 3. The molecule has 0 aliphatic rings. The highest BCUT2D eigenvalue weighted by Crippen LogP contribution is 2.29. The van der Waals surface area contributed by atoms with E-state index in [-0.39, 0.29) is 84.5 Å². The van der Waals surface area contributed by atoms with Crippen LogP contribution in [0.25, 0.3) is 20.9 Å². The molecule has 0 fully saturated rings. The molecular weight excluding hydrogens is 1320 g/mol. The van der Waals surface area contributed by atoms with Crippen molar-refractivity contribution in [3.63, 3.8) is 0 Å². The number of hydrogen-bond acceptors (Lipinski definition) is 24. The van der Waals surface area contributed by atoms with Crippen molar-refractivity contribution < 1.29 is 67.8 Å². The van der Waals surface area contributed by atoms with Crippen LogP contribution in [0, 0.1) is 64.4 Å². The summed E-state index contributed by atoms with van der Waals surface area (Å²) in [7, 11) is 0. The zero-order chi connectivity index (χ0) is 73.7. The van der Waals surface area contributed by atoms with E-state index < -0.39 is 48.9 Å². The van der Waals surface area contributed by atoms with E-state index in [0.717, 1.165) is 115 Å². The molecule has 0 saturated carbocycles. The number of ether oxygens (including phenoxy) is 5. The van der Waals surface area contributed by atoms with Gasteiger partial charge in [0.2, 0.25) is 0 Å². The van der Waals surface area contributed by atoms with E-state index in [1.807, 2.05) is 10.9 Å². The number of nitro groups is 5. The molecule has 0 radical (unpaired) electrons. The lowest BCUT2D eigenvalue weighted by atomic mass is 10.1. The number of carbonyl (C=O) groups excluding carboxylic acids is 2. The Morgan fingerprint density at radius 2 is 0.891 bits per heavy atom. The zero-order valence-electron chi connectivity index (χ0n) is 56.9. The smallest absolute Gasteiger partial charge is 0.342 e. The molecule has 0 aliphatic carbocycles. The Kier molecular flexibility index (Phi) is 38.0. The van der Waals surface area contributed by atoms with Gasteiger partial charge in [-0.1, -0.05) is 86.6 Å². The molecule has 6 rings (SSSR count). The van der Waals surface area contributed by atoms with Gasteiger partial charge in [-0.25, -0.2) is 19.1 Å². The van der Waals surface area contributed by atoms with Gasteiger partial charge in [0, 0.05) is 84.4 Å². The number of azide groups is 2. The molecule has 0 atom stereocenters.